The van der Waals surface area contributed by atoms with Crippen LogP contribution in [0.4, 0.5) is 0 Å². The van der Waals surface area contributed by atoms with Crippen LogP contribution in [-0.2, 0) is 9.59 Å². The molecule has 4 heterocycles. The summed E-state index contributed by atoms with van der Waals surface area (Å²) in [6.45, 7) is 0. The predicted octanol–water partition coefficient (Wildman–Crippen LogP) is 4.22. The number of para-hydroxylation sites is 2. The number of fused-ring (bicyclic) bond motifs is 4. The van der Waals surface area contributed by atoms with E-state index in [0.717, 1.165) is 0 Å². The van der Waals surface area contributed by atoms with Gasteiger partial charge in [-0.3, -0.25) is 19.2 Å². The topological polar surface area (TPSA) is 162 Å². The summed E-state index contributed by atoms with van der Waals surface area (Å²) in [5.41, 5.74) is 0.682. The summed E-state index contributed by atoms with van der Waals surface area (Å²) in [6.07, 6.45) is 6.64. The van der Waals surface area contributed by atoms with E-state index in [4.69, 9.17) is 8.83 Å². The Balaban J connectivity index is 1.59. The lowest BCUT2D eigenvalue weighted by Gasteiger charge is -2.06. The Morgan fingerprint density at radius 3 is 1.38 bits per heavy atom. The van der Waals surface area contributed by atoms with Gasteiger partial charge in [0.2, 0.25) is 22.6 Å². The molecule has 0 atom stereocenters. The Morgan fingerprint density at radius 2 is 1.00 bits per heavy atom. The average molecular weight is 559 g/mol. The first-order valence-corrected chi connectivity index (χ1v) is 12.7. The number of hydrogen-bond acceptors (Lipinski definition) is 8. The summed E-state index contributed by atoms with van der Waals surface area (Å²) >= 11 is 0. The maximum Gasteiger partial charge on any atom is 0.250 e. The minimum absolute atomic E-state index is 0.142. The fraction of sp³-hybridized carbons (Fsp3) is 0. The Hall–Kier alpha value is -6.30. The van der Waals surface area contributed by atoms with Crippen LogP contribution in [0.25, 0.3) is 68.2 Å². The van der Waals surface area contributed by atoms with Gasteiger partial charge < -0.3 is 18.8 Å². The normalized spacial score (nSPS) is 12.0. The highest BCUT2D eigenvalue weighted by Crippen LogP contribution is 2.27. The maximum atomic E-state index is 13.8. The van der Waals surface area contributed by atoms with Gasteiger partial charge in [0.1, 0.15) is 46.0 Å². The third-order valence-corrected chi connectivity index (χ3v) is 6.63. The summed E-state index contributed by atoms with van der Waals surface area (Å²) in [7, 11) is 0. The SMILES string of the molecule is O=C/C=C/c1nn(-c2ccccc2)c2oc3c(=O)c4[nH]c5c(/C=C/C=O)nn(-c6ccccc6)c5oc4c(=O)c3[nH]c12. The number of aromatic nitrogens is 6. The van der Waals surface area contributed by atoms with Gasteiger partial charge in [-0.2, -0.15) is 19.6 Å². The van der Waals surface area contributed by atoms with E-state index in [2.05, 4.69) is 20.2 Å². The lowest BCUT2D eigenvalue weighted by atomic mass is 10.2. The predicted molar refractivity (Wildman–Crippen MR) is 155 cm³/mol. The van der Waals surface area contributed by atoms with E-state index >= 15 is 0 Å². The third kappa shape index (κ3) is 3.78. The van der Waals surface area contributed by atoms with Crippen molar-refractivity contribution in [3.05, 3.63) is 105 Å². The highest BCUT2D eigenvalue weighted by atomic mass is 16.4. The van der Waals surface area contributed by atoms with Crippen molar-refractivity contribution in [2.24, 2.45) is 0 Å². The first-order chi connectivity index (χ1) is 20.6. The zero-order chi connectivity index (χ0) is 28.8. The minimum Gasteiger partial charge on any atom is -0.430 e. The van der Waals surface area contributed by atoms with Crippen LogP contribution in [0.15, 0.2) is 91.2 Å². The Labute approximate surface area is 233 Å². The molecule has 12 nitrogen and oxygen atoms in total. The van der Waals surface area contributed by atoms with Crippen molar-refractivity contribution in [3.8, 4) is 11.4 Å². The lowest BCUT2D eigenvalue weighted by Crippen LogP contribution is -2.16. The van der Waals surface area contributed by atoms with Crippen LogP contribution >= 0.6 is 0 Å². The summed E-state index contributed by atoms with van der Waals surface area (Å²) in [5, 5.41) is 9.07. The molecule has 0 aliphatic heterocycles. The standard InChI is InChI=1S/C30H18N6O6/c37-15-7-13-19-21-29(35(33-19)17-9-3-1-4-10-17)41-27-23(31-21)26(40)28-24(25(27)39)32-22-20(14-8-16-38)34-36(30(22)42-28)18-11-5-2-6-12-18/h1-16,31-32H/b13-7+,14-8+. The molecule has 0 fully saturated rings. The molecule has 4 aromatic heterocycles. The van der Waals surface area contributed by atoms with Crippen LogP contribution in [0.1, 0.15) is 11.4 Å². The second-order valence-electron chi connectivity index (χ2n) is 9.14. The number of hydrogen-bond donors (Lipinski definition) is 2. The third-order valence-electron chi connectivity index (χ3n) is 6.63. The van der Waals surface area contributed by atoms with Gasteiger partial charge in [0, 0.05) is 0 Å². The summed E-state index contributed by atoms with van der Waals surface area (Å²) in [5.74, 6) is 0. The van der Waals surface area contributed by atoms with E-state index in [1.807, 2.05) is 36.4 Å². The number of carbonyl (C=O) groups excluding carboxylic acids is 2. The van der Waals surface area contributed by atoms with Crippen molar-refractivity contribution in [1.82, 2.24) is 29.5 Å². The molecule has 2 N–H and O–H groups in total. The van der Waals surface area contributed by atoms with Crippen LogP contribution in [0, 0.1) is 0 Å². The van der Waals surface area contributed by atoms with Crippen LogP contribution in [0.5, 0.6) is 0 Å². The van der Waals surface area contributed by atoms with Crippen molar-refractivity contribution in [2.45, 2.75) is 0 Å². The van der Waals surface area contributed by atoms with Crippen LogP contribution in [0.3, 0.4) is 0 Å². The molecule has 0 unspecified atom stereocenters. The molecule has 0 aliphatic carbocycles. The Bertz CT molecular complexity index is 2210. The van der Waals surface area contributed by atoms with E-state index in [1.165, 1.54) is 33.7 Å². The molecule has 0 amide bonds. The Kier molecular flexibility index (Phi) is 5.72. The number of aldehydes is 2. The van der Waals surface area contributed by atoms with Crippen LogP contribution < -0.4 is 10.9 Å². The van der Waals surface area contributed by atoms with E-state index in [-0.39, 0.29) is 33.6 Å². The number of allylic oxidation sites excluding steroid dienone is 2. The number of nitrogens with zero attached hydrogens (tertiary/aromatic N) is 4. The fourth-order valence-electron chi connectivity index (χ4n) is 4.77. The molecule has 204 valence electrons. The fourth-order valence-corrected chi connectivity index (χ4v) is 4.77. The van der Waals surface area contributed by atoms with Gasteiger partial charge in [0.05, 0.1) is 11.4 Å². The van der Waals surface area contributed by atoms with Crippen LogP contribution in [-0.4, -0.2) is 42.1 Å². The van der Waals surface area contributed by atoms with E-state index in [0.29, 0.717) is 46.4 Å². The van der Waals surface area contributed by atoms with Gasteiger partial charge in [-0.05, 0) is 48.6 Å². The largest absolute Gasteiger partial charge is 0.430 e. The zero-order valence-corrected chi connectivity index (χ0v) is 21.5. The summed E-state index contributed by atoms with van der Waals surface area (Å²) in [4.78, 5) is 55.8. The molecular weight excluding hydrogens is 540 g/mol. The minimum atomic E-state index is -0.646. The maximum absolute atomic E-state index is 13.8. The molecule has 7 rings (SSSR count). The van der Waals surface area contributed by atoms with Crippen molar-refractivity contribution in [2.75, 3.05) is 0 Å². The molecule has 12 heteroatoms. The zero-order valence-electron chi connectivity index (χ0n) is 21.5. The first-order valence-electron chi connectivity index (χ1n) is 12.7. The van der Waals surface area contributed by atoms with E-state index in [1.54, 1.807) is 24.3 Å². The van der Waals surface area contributed by atoms with Crippen molar-refractivity contribution in [3.63, 3.8) is 0 Å². The average Bonchev–Trinajstić information content (AvgIpc) is 3.58. The molecule has 0 spiro atoms. The molecule has 3 aromatic carbocycles. The molecule has 0 bridgehead atoms. The number of aromatic amines is 2. The second-order valence-corrected chi connectivity index (χ2v) is 9.14. The smallest absolute Gasteiger partial charge is 0.250 e. The second kappa shape index (κ2) is 9.71. The van der Waals surface area contributed by atoms with Crippen molar-refractivity contribution < 1.29 is 18.4 Å². The number of carbonyl (C=O) groups is 2. The van der Waals surface area contributed by atoms with Crippen molar-refractivity contribution >= 4 is 69.4 Å². The highest BCUT2D eigenvalue weighted by molar-refractivity contribution is 5.96. The number of rotatable bonds is 6. The van der Waals surface area contributed by atoms with Gasteiger partial charge in [0.15, 0.2) is 0 Å². The molecule has 0 radical (unpaired) electrons. The molecule has 0 saturated heterocycles. The molecular formula is C30H18N6O6. The Morgan fingerprint density at radius 1 is 0.595 bits per heavy atom. The van der Waals surface area contributed by atoms with Gasteiger partial charge in [-0.15, -0.1) is 0 Å². The van der Waals surface area contributed by atoms with Crippen molar-refractivity contribution in [1.29, 1.82) is 0 Å². The van der Waals surface area contributed by atoms with E-state index in [9.17, 15) is 19.2 Å². The first kappa shape index (κ1) is 24.7. The molecule has 42 heavy (non-hydrogen) atoms. The monoisotopic (exact) mass is 558 g/mol. The molecule has 0 aliphatic rings. The number of H-pyrrole nitrogens is 2. The van der Waals surface area contributed by atoms with Gasteiger partial charge in [-0.25, -0.2) is 0 Å². The summed E-state index contributed by atoms with van der Waals surface area (Å²) < 4.78 is 15.1. The lowest BCUT2D eigenvalue weighted by molar-refractivity contribution is -0.104. The number of nitrogens with one attached hydrogen (secondary N) is 2. The molecule has 0 saturated carbocycles. The number of benzene rings is 3. The van der Waals surface area contributed by atoms with Gasteiger partial charge >= 0.3 is 0 Å². The summed E-state index contributed by atoms with van der Waals surface area (Å²) in [6, 6.07) is 18.1. The van der Waals surface area contributed by atoms with Gasteiger partial charge in [-0.1, -0.05) is 36.4 Å². The highest BCUT2D eigenvalue weighted by Gasteiger charge is 2.23. The van der Waals surface area contributed by atoms with Gasteiger partial charge in [0.25, 0.3) is 10.9 Å². The molecule has 7 aromatic rings. The quantitative estimate of drug-likeness (QED) is 0.174. The van der Waals surface area contributed by atoms with E-state index < -0.39 is 10.9 Å². The van der Waals surface area contributed by atoms with Crippen LogP contribution in [0.2, 0.25) is 0 Å².